The van der Waals surface area contributed by atoms with Crippen molar-refractivity contribution in [3.8, 4) is 0 Å². The summed E-state index contributed by atoms with van der Waals surface area (Å²) in [6, 6.07) is 3.27. The van der Waals surface area contributed by atoms with Gasteiger partial charge in [0.2, 0.25) is 0 Å². The summed E-state index contributed by atoms with van der Waals surface area (Å²) in [7, 11) is 5.79. The molecule has 1 aromatic rings. The molecule has 8 heteroatoms. The summed E-state index contributed by atoms with van der Waals surface area (Å²) in [5.74, 6) is -0.0965. The number of alkyl halides is 3. The van der Waals surface area contributed by atoms with Crippen LogP contribution in [-0.2, 0) is 20.4 Å². The maximum Gasteiger partial charge on any atom is 0.416 e. The fourth-order valence-corrected chi connectivity index (χ4v) is 2.02. The van der Waals surface area contributed by atoms with Crippen LogP contribution in [-0.4, -0.2) is 32.3 Å². The number of esters is 1. The molecule has 1 heterocycles. The molecule has 0 aliphatic carbocycles. The van der Waals surface area contributed by atoms with Gasteiger partial charge in [0.25, 0.3) is 0 Å². The summed E-state index contributed by atoms with van der Waals surface area (Å²) < 4.78 is 47.7. The molecule has 2 atom stereocenters. The lowest BCUT2D eigenvalue weighted by Crippen LogP contribution is -2.17. The van der Waals surface area contributed by atoms with Gasteiger partial charge in [0, 0.05) is 6.92 Å². The zero-order valence-electron chi connectivity index (χ0n) is 11.8. The predicted molar refractivity (Wildman–Crippen MR) is 73.5 cm³/mol. The molecule has 0 fully saturated rings. The van der Waals surface area contributed by atoms with Crippen LogP contribution in [0.5, 0.6) is 0 Å². The SMILES string of the molecule is [B]C1OC(CCOC(C)=O)=NC1c1ccc(C(F)(F)F)cc1. The summed E-state index contributed by atoms with van der Waals surface area (Å²) >= 11 is 0. The molecular formula is C14H13BF3NO3. The van der Waals surface area contributed by atoms with Crippen molar-refractivity contribution in [2.75, 3.05) is 6.61 Å². The van der Waals surface area contributed by atoms with Crippen molar-refractivity contribution in [2.45, 2.75) is 31.6 Å². The molecule has 2 radical (unpaired) electrons. The zero-order chi connectivity index (χ0) is 16.3. The molecule has 0 bridgehead atoms. The van der Waals surface area contributed by atoms with Crippen molar-refractivity contribution in [3.63, 3.8) is 0 Å². The van der Waals surface area contributed by atoms with Crippen LogP contribution in [0.1, 0.15) is 30.5 Å². The Labute approximate surface area is 126 Å². The molecule has 22 heavy (non-hydrogen) atoms. The first-order chi connectivity index (χ1) is 10.3. The molecular weight excluding hydrogens is 298 g/mol. The first kappa shape index (κ1) is 16.4. The van der Waals surface area contributed by atoms with Crippen LogP contribution in [0, 0.1) is 0 Å². The number of hydrogen-bond donors (Lipinski definition) is 0. The van der Waals surface area contributed by atoms with E-state index in [1.807, 2.05) is 0 Å². The smallest absolute Gasteiger partial charge is 0.416 e. The van der Waals surface area contributed by atoms with Crippen LogP contribution in [0.25, 0.3) is 0 Å². The standard InChI is InChI=1S/C14H13BF3NO3/c1-8(20)21-7-6-11-19-12(13(15)22-11)9-2-4-10(5-3-9)14(16,17)18/h2-5,12-13H,6-7H2,1H3. The molecule has 0 amide bonds. The largest absolute Gasteiger partial charge is 0.485 e. The summed E-state index contributed by atoms with van der Waals surface area (Å²) in [5.41, 5.74) is -0.203. The Kier molecular flexibility index (Phi) is 4.78. The lowest BCUT2D eigenvalue weighted by Gasteiger charge is -2.14. The van der Waals surface area contributed by atoms with Gasteiger partial charge in [-0.15, -0.1) is 0 Å². The summed E-state index contributed by atoms with van der Waals surface area (Å²) in [6.07, 6.45) is -4.12. The third-order valence-electron chi connectivity index (χ3n) is 3.07. The highest BCUT2D eigenvalue weighted by atomic mass is 19.4. The Hall–Kier alpha value is -1.99. The van der Waals surface area contributed by atoms with Crippen LogP contribution in [0.4, 0.5) is 13.2 Å². The molecule has 0 aromatic heterocycles. The number of hydrogen-bond acceptors (Lipinski definition) is 4. The quantitative estimate of drug-likeness (QED) is 0.634. The molecule has 2 rings (SSSR count). The lowest BCUT2D eigenvalue weighted by molar-refractivity contribution is -0.140. The van der Waals surface area contributed by atoms with E-state index in [2.05, 4.69) is 4.99 Å². The first-order valence-electron chi connectivity index (χ1n) is 6.57. The second-order valence-electron chi connectivity index (χ2n) is 4.76. The van der Waals surface area contributed by atoms with Gasteiger partial charge in [-0.05, 0) is 17.7 Å². The van der Waals surface area contributed by atoms with Crippen LogP contribution in [0.15, 0.2) is 29.3 Å². The number of nitrogens with zero attached hydrogens (tertiary/aromatic N) is 1. The number of rotatable bonds is 4. The average molecular weight is 311 g/mol. The number of aliphatic imine (C=N–C) groups is 1. The van der Waals surface area contributed by atoms with Gasteiger partial charge in [-0.1, -0.05) is 12.1 Å². The van der Waals surface area contributed by atoms with Gasteiger partial charge in [0.1, 0.15) is 13.9 Å². The fourth-order valence-electron chi connectivity index (χ4n) is 2.02. The van der Waals surface area contributed by atoms with Gasteiger partial charge >= 0.3 is 12.1 Å². The monoisotopic (exact) mass is 311 g/mol. The van der Waals surface area contributed by atoms with E-state index in [0.717, 1.165) is 12.1 Å². The summed E-state index contributed by atoms with van der Waals surface area (Å²) in [5, 5.41) is 0. The molecule has 4 nitrogen and oxygen atoms in total. The Bertz CT molecular complexity index is 572. The highest BCUT2D eigenvalue weighted by Crippen LogP contribution is 2.33. The molecule has 1 aliphatic rings. The normalized spacial score (nSPS) is 21.2. The van der Waals surface area contributed by atoms with Crippen LogP contribution >= 0.6 is 0 Å². The zero-order valence-corrected chi connectivity index (χ0v) is 11.8. The topological polar surface area (TPSA) is 47.9 Å². The highest BCUT2D eigenvalue weighted by Gasteiger charge is 2.32. The van der Waals surface area contributed by atoms with E-state index >= 15 is 0 Å². The number of carbonyl (C=O) groups excluding carboxylic acids is 1. The molecule has 1 aliphatic heterocycles. The lowest BCUT2D eigenvalue weighted by atomic mass is 9.88. The predicted octanol–water partition coefficient (Wildman–Crippen LogP) is 2.62. The van der Waals surface area contributed by atoms with Crippen LogP contribution in [0.3, 0.4) is 0 Å². The Morgan fingerprint density at radius 2 is 2.00 bits per heavy atom. The maximum atomic E-state index is 12.5. The van der Waals surface area contributed by atoms with Crippen LogP contribution in [0.2, 0.25) is 0 Å². The van der Waals surface area contributed by atoms with Gasteiger partial charge in [0.05, 0.1) is 24.6 Å². The summed E-state index contributed by atoms with van der Waals surface area (Å²) in [4.78, 5) is 14.9. The van der Waals surface area contributed by atoms with E-state index in [-0.39, 0.29) is 13.0 Å². The van der Waals surface area contributed by atoms with E-state index in [0.29, 0.717) is 11.5 Å². The van der Waals surface area contributed by atoms with Crippen LogP contribution < -0.4 is 0 Å². The average Bonchev–Trinajstić information content (AvgIpc) is 2.78. The van der Waals surface area contributed by atoms with Crippen molar-refractivity contribution in [2.24, 2.45) is 4.99 Å². The molecule has 0 N–H and O–H groups in total. The van der Waals surface area contributed by atoms with Gasteiger partial charge in [-0.25, -0.2) is 4.99 Å². The second-order valence-corrected chi connectivity index (χ2v) is 4.76. The third kappa shape index (κ3) is 4.02. The van der Waals surface area contributed by atoms with E-state index in [4.69, 9.17) is 17.3 Å². The number of benzene rings is 1. The van der Waals surface area contributed by atoms with Gasteiger partial charge < -0.3 is 9.47 Å². The van der Waals surface area contributed by atoms with E-state index < -0.39 is 29.8 Å². The molecule has 0 spiro atoms. The second kappa shape index (κ2) is 6.42. The van der Waals surface area contributed by atoms with Crippen molar-refractivity contribution in [1.82, 2.24) is 0 Å². The molecule has 1 aromatic carbocycles. The highest BCUT2D eigenvalue weighted by molar-refractivity contribution is 6.13. The molecule has 116 valence electrons. The van der Waals surface area contributed by atoms with Gasteiger partial charge in [0.15, 0.2) is 5.90 Å². The molecule has 2 unspecified atom stereocenters. The minimum Gasteiger partial charge on any atom is -0.485 e. The van der Waals surface area contributed by atoms with Crippen molar-refractivity contribution < 1.29 is 27.4 Å². The third-order valence-corrected chi connectivity index (χ3v) is 3.07. The number of carbonyl (C=O) groups is 1. The van der Waals surface area contributed by atoms with E-state index in [1.165, 1.54) is 19.1 Å². The van der Waals surface area contributed by atoms with Gasteiger partial charge in [-0.2, -0.15) is 13.2 Å². The Morgan fingerprint density at radius 1 is 1.36 bits per heavy atom. The summed E-state index contributed by atoms with van der Waals surface area (Å²) in [6.45, 7) is 1.40. The molecule has 0 saturated carbocycles. The van der Waals surface area contributed by atoms with Crippen molar-refractivity contribution >= 4 is 19.7 Å². The Morgan fingerprint density at radius 3 is 2.55 bits per heavy atom. The first-order valence-corrected chi connectivity index (χ1v) is 6.57. The van der Waals surface area contributed by atoms with E-state index in [9.17, 15) is 18.0 Å². The maximum absolute atomic E-state index is 12.5. The molecule has 0 saturated heterocycles. The fraction of sp³-hybridized carbons (Fsp3) is 0.429. The van der Waals surface area contributed by atoms with Crippen molar-refractivity contribution in [3.05, 3.63) is 35.4 Å². The minimum atomic E-state index is -4.38. The minimum absolute atomic E-state index is 0.112. The van der Waals surface area contributed by atoms with E-state index in [1.54, 1.807) is 0 Å². The van der Waals surface area contributed by atoms with Crippen molar-refractivity contribution in [1.29, 1.82) is 0 Å². The number of ether oxygens (including phenoxy) is 2. The van der Waals surface area contributed by atoms with Gasteiger partial charge in [-0.3, -0.25) is 4.79 Å². The number of halogens is 3. The Balaban J connectivity index is 2.05.